The third-order valence-corrected chi connectivity index (χ3v) is 5.46. The number of hydrogen-bond acceptors (Lipinski definition) is 5. The van der Waals surface area contributed by atoms with Crippen LogP contribution in [0.4, 0.5) is 0 Å². The fourth-order valence-electron chi connectivity index (χ4n) is 1.25. The molecule has 2 rings (SSSR count). The monoisotopic (exact) mass is 249 g/mol. The first-order chi connectivity index (χ1) is 6.90. The molecule has 0 aromatic carbocycles. The van der Waals surface area contributed by atoms with Gasteiger partial charge in [-0.25, -0.2) is 4.58 Å². The summed E-state index contributed by atoms with van der Waals surface area (Å²) in [5, 5.41) is 0. The zero-order chi connectivity index (χ0) is 9.80. The number of aromatic nitrogens is 1. The predicted octanol–water partition coefficient (Wildman–Crippen LogP) is 1.12. The Morgan fingerprint density at radius 1 is 1.43 bits per heavy atom. The lowest BCUT2D eigenvalue weighted by Crippen LogP contribution is -2.39. The van der Waals surface area contributed by atoms with Crippen molar-refractivity contribution in [1.29, 1.82) is 0 Å². The summed E-state index contributed by atoms with van der Waals surface area (Å²) in [5.74, 6) is 1.10. The van der Waals surface area contributed by atoms with Crippen LogP contribution in [-0.2, 0) is 4.74 Å². The molecule has 0 aliphatic carbocycles. The lowest BCUT2D eigenvalue weighted by molar-refractivity contribution is 0.0964. The Hall–Kier alpha value is 0.0900. The van der Waals surface area contributed by atoms with Crippen LogP contribution < -0.4 is 9.38 Å². The first kappa shape index (κ1) is 10.6. The lowest BCUT2D eigenvalue weighted by Gasteiger charge is -2.11. The molecule has 6 heteroatoms. The number of rotatable bonds is 2. The molecule has 1 saturated heterocycles. The van der Waals surface area contributed by atoms with E-state index in [4.69, 9.17) is 4.74 Å². The Morgan fingerprint density at radius 3 is 2.93 bits per heavy atom. The van der Waals surface area contributed by atoms with Crippen molar-refractivity contribution in [2.75, 3.05) is 32.1 Å². The number of ether oxygens (including phenoxy) is 1. The van der Waals surface area contributed by atoms with Crippen molar-refractivity contribution in [2.24, 2.45) is 0 Å². The van der Waals surface area contributed by atoms with Gasteiger partial charge >= 0.3 is 4.80 Å². The van der Waals surface area contributed by atoms with Gasteiger partial charge in [0.25, 0.3) is 4.34 Å². The van der Waals surface area contributed by atoms with E-state index in [1.165, 1.54) is 4.34 Å². The van der Waals surface area contributed by atoms with Gasteiger partial charge in [0, 0.05) is 10.3 Å². The highest BCUT2D eigenvalue weighted by Crippen LogP contribution is 2.20. The number of nitrogens with zero attached hydrogens (tertiary/aromatic N) is 2. The molecule has 14 heavy (non-hydrogen) atoms. The third kappa shape index (κ3) is 2.56. The molecule has 0 N–H and O–H groups in total. The highest BCUT2D eigenvalue weighted by atomic mass is 32.9. The van der Waals surface area contributed by atoms with Crippen LogP contribution in [0.1, 0.15) is 6.92 Å². The molecule has 0 saturated carbocycles. The molecule has 1 aliphatic rings. The summed E-state index contributed by atoms with van der Waals surface area (Å²) in [7, 11) is 3.55. The van der Waals surface area contributed by atoms with E-state index in [1.54, 1.807) is 20.7 Å². The van der Waals surface area contributed by atoms with Gasteiger partial charge in [-0.15, -0.1) is 0 Å². The standard InChI is InChI=1S/C8H13N2OS3/c1-2-12-8-9-7(13-14-8)10-3-5-11-6-4-10/h2-6H2,1H3/q+1. The topological polar surface area (TPSA) is 25.1 Å². The molecule has 0 spiro atoms. The average molecular weight is 249 g/mol. The molecular formula is C8H13N2OS3+. The van der Waals surface area contributed by atoms with Crippen LogP contribution >= 0.6 is 32.4 Å². The van der Waals surface area contributed by atoms with Crippen molar-refractivity contribution in [2.45, 2.75) is 11.3 Å². The minimum Gasteiger partial charge on any atom is -0.373 e. The van der Waals surface area contributed by atoms with E-state index in [0.29, 0.717) is 0 Å². The smallest absolute Gasteiger partial charge is 0.373 e. The van der Waals surface area contributed by atoms with Gasteiger partial charge in [-0.1, -0.05) is 18.7 Å². The van der Waals surface area contributed by atoms with Crippen molar-refractivity contribution in [1.82, 2.24) is 9.56 Å². The van der Waals surface area contributed by atoms with E-state index in [2.05, 4.69) is 16.5 Å². The van der Waals surface area contributed by atoms with E-state index < -0.39 is 0 Å². The van der Waals surface area contributed by atoms with Gasteiger partial charge in [-0.3, -0.25) is 0 Å². The van der Waals surface area contributed by atoms with E-state index >= 15 is 0 Å². The zero-order valence-electron chi connectivity index (χ0n) is 8.06. The number of thioether (sulfide) groups is 1. The van der Waals surface area contributed by atoms with Gasteiger partial charge < -0.3 is 4.74 Å². The van der Waals surface area contributed by atoms with Gasteiger partial charge in [0.2, 0.25) is 0 Å². The first-order valence-corrected chi connectivity index (χ1v) is 7.79. The van der Waals surface area contributed by atoms with Gasteiger partial charge in [0.15, 0.2) is 0 Å². The second kappa shape index (κ2) is 5.25. The molecule has 0 radical (unpaired) electrons. The normalized spacial score (nSPS) is 17.4. The van der Waals surface area contributed by atoms with Crippen LogP contribution in [0.25, 0.3) is 0 Å². The molecule has 78 valence electrons. The molecule has 1 fully saturated rings. The van der Waals surface area contributed by atoms with Crippen molar-refractivity contribution < 1.29 is 4.74 Å². The van der Waals surface area contributed by atoms with Crippen LogP contribution in [0, 0.1) is 0 Å². The summed E-state index contributed by atoms with van der Waals surface area (Å²) >= 11 is 1.82. The Balaban J connectivity index is 2.20. The first-order valence-electron chi connectivity index (χ1n) is 4.66. The van der Waals surface area contributed by atoms with E-state index in [9.17, 15) is 0 Å². The second-order valence-electron chi connectivity index (χ2n) is 2.86. The third-order valence-electron chi connectivity index (χ3n) is 1.92. The van der Waals surface area contributed by atoms with Crippen molar-refractivity contribution in [3.05, 3.63) is 4.80 Å². The van der Waals surface area contributed by atoms with Crippen molar-refractivity contribution in [3.8, 4) is 0 Å². The van der Waals surface area contributed by atoms with E-state index in [-0.39, 0.29) is 0 Å². The molecule has 2 heterocycles. The maximum Gasteiger partial charge on any atom is 0.389 e. The number of hydrogen-bond donors (Lipinski definition) is 0. The summed E-state index contributed by atoms with van der Waals surface area (Å²) < 4.78 is 8.81. The van der Waals surface area contributed by atoms with Crippen molar-refractivity contribution >= 4 is 32.4 Å². The SMILES string of the molecule is CCSc1nc(=[N+]2CCOCC2)ss1. The summed E-state index contributed by atoms with van der Waals surface area (Å²) in [4.78, 5) is 5.76. The summed E-state index contributed by atoms with van der Waals surface area (Å²) in [6, 6.07) is 0. The summed E-state index contributed by atoms with van der Waals surface area (Å²) in [6.07, 6.45) is 0. The average Bonchev–Trinajstić information content (AvgIpc) is 2.68. The summed E-state index contributed by atoms with van der Waals surface area (Å²) in [6.45, 7) is 5.79. The molecule has 0 atom stereocenters. The quantitative estimate of drug-likeness (QED) is 0.446. The molecule has 0 bridgehead atoms. The molecule has 1 aromatic rings. The van der Waals surface area contributed by atoms with E-state index in [1.807, 2.05) is 11.8 Å². The van der Waals surface area contributed by atoms with Crippen LogP contribution in [0.5, 0.6) is 0 Å². The lowest BCUT2D eigenvalue weighted by atomic mass is 10.5. The van der Waals surface area contributed by atoms with Crippen LogP contribution in [0.15, 0.2) is 4.34 Å². The highest BCUT2D eigenvalue weighted by Gasteiger charge is 2.14. The molecular weight excluding hydrogens is 236 g/mol. The second-order valence-corrected chi connectivity index (χ2v) is 6.46. The minimum atomic E-state index is 0.834. The van der Waals surface area contributed by atoms with Crippen LogP contribution in [-0.4, -0.2) is 37.0 Å². The van der Waals surface area contributed by atoms with Crippen LogP contribution in [0.3, 0.4) is 0 Å². The predicted molar refractivity (Wildman–Crippen MR) is 62.2 cm³/mol. The maximum absolute atomic E-state index is 5.31. The molecule has 1 aliphatic heterocycles. The fourth-order valence-corrected chi connectivity index (χ4v) is 4.71. The van der Waals surface area contributed by atoms with Crippen molar-refractivity contribution in [3.63, 3.8) is 0 Å². The minimum absolute atomic E-state index is 0.834. The van der Waals surface area contributed by atoms with Gasteiger partial charge in [0.05, 0.1) is 13.2 Å². The summed E-state index contributed by atoms with van der Waals surface area (Å²) in [5.41, 5.74) is 0. The Labute approximate surface area is 94.8 Å². The highest BCUT2D eigenvalue weighted by molar-refractivity contribution is 8.02. The van der Waals surface area contributed by atoms with Crippen LogP contribution in [0.2, 0.25) is 0 Å². The molecule has 0 unspecified atom stereocenters. The van der Waals surface area contributed by atoms with Gasteiger partial charge in [0.1, 0.15) is 13.1 Å². The zero-order valence-corrected chi connectivity index (χ0v) is 10.5. The number of morpholine rings is 1. The largest absolute Gasteiger partial charge is 0.389 e. The fraction of sp³-hybridized carbons (Fsp3) is 0.750. The maximum atomic E-state index is 5.31. The Kier molecular flexibility index (Phi) is 3.98. The molecule has 0 amide bonds. The Bertz CT molecular complexity index is 349. The Morgan fingerprint density at radius 2 is 2.21 bits per heavy atom. The molecule has 3 nitrogen and oxygen atoms in total. The van der Waals surface area contributed by atoms with Gasteiger partial charge in [-0.05, 0) is 21.1 Å². The van der Waals surface area contributed by atoms with Gasteiger partial charge in [-0.2, -0.15) is 0 Å². The van der Waals surface area contributed by atoms with E-state index in [0.717, 1.165) is 36.9 Å². The molecule has 1 aromatic heterocycles.